The molecule has 2 unspecified atom stereocenters. The monoisotopic (exact) mass is 405 g/mol. The molecule has 1 fully saturated rings. The summed E-state index contributed by atoms with van der Waals surface area (Å²) in [5.74, 6) is 0.694. The first-order valence-corrected chi connectivity index (χ1v) is 10.2. The van der Waals surface area contributed by atoms with Gasteiger partial charge in [-0.05, 0) is 44.2 Å². The van der Waals surface area contributed by atoms with Crippen LogP contribution in [0.4, 0.5) is 17.3 Å². The van der Waals surface area contributed by atoms with Gasteiger partial charge < -0.3 is 21.3 Å². The Labute approximate surface area is 175 Å². The zero-order chi connectivity index (χ0) is 21.1. The predicted octanol–water partition coefficient (Wildman–Crippen LogP) is 2.83. The lowest BCUT2D eigenvalue weighted by Gasteiger charge is -2.38. The average Bonchev–Trinajstić information content (AvgIpc) is 2.78. The van der Waals surface area contributed by atoms with Gasteiger partial charge in [0, 0.05) is 36.9 Å². The van der Waals surface area contributed by atoms with Crippen molar-refractivity contribution >= 4 is 34.1 Å². The van der Waals surface area contributed by atoms with Gasteiger partial charge in [0.2, 0.25) is 0 Å². The molecular weight excluding hydrogens is 378 g/mol. The van der Waals surface area contributed by atoms with Crippen molar-refractivity contribution in [2.75, 3.05) is 24.3 Å². The molecule has 30 heavy (non-hydrogen) atoms. The van der Waals surface area contributed by atoms with Crippen LogP contribution in [0.5, 0.6) is 0 Å². The van der Waals surface area contributed by atoms with Crippen molar-refractivity contribution in [1.29, 1.82) is 0 Å². The lowest BCUT2D eigenvalue weighted by molar-refractivity contribution is 0.100. The van der Waals surface area contributed by atoms with E-state index in [2.05, 4.69) is 32.5 Å². The van der Waals surface area contributed by atoms with Gasteiger partial charge in [0.25, 0.3) is 5.91 Å². The van der Waals surface area contributed by atoms with E-state index in [1.165, 1.54) is 12.8 Å². The number of primary amides is 1. The number of rotatable bonds is 6. The number of likely N-dealkylation sites (N-methyl/N-ethyl adjacent to an activating group) is 2. The first-order valence-electron chi connectivity index (χ1n) is 10.2. The van der Waals surface area contributed by atoms with Crippen LogP contribution in [0.1, 0.15) is 36.0 Å². The Morgan fingerprint density at radius 2 is 2.03 bits per heavy atom. The summed E-state index contributed by atoms with van der Waals surface area (Å²) in [4.78, 5) is 27.5. The molecule has 3 heterocycles. The number of anilines is 3. The van der Waals surface area contributed by atoms with Crippen LogP contribution >= 0.6 is 0 Å². The maximum Gasteiger partial charge on any atom is 0.252 e. The minimum absolute atomic E-state index is 0.340. The fourth-order valence-electron chi connectivity index (χ4n) is 4.20. The van der Waals surface area contributed by atoms with Crippen molar-refractivity contribution in [3.63, 3.8) is 0 Å². The number of amides is 1. The number of aromatic nitrogens is 3. The molecule has 0 bridgehead atoms. The highest BCUT2D eigenvalue weighted by Gasteiger charge is 2.28. The molecule has 2 atom stereocenters. The molecule has 156 valence electrons. The molecule has 4 rings (SSSR count). The SMILES string of the molecule is CNC1CCCCC1N(C)c1ccc(C(N)=O)c(Nc2cnc3ccncc3c2)n1. The summed E-state index contributed by atoms with van der Waals surface area (Å²) in [6.45, 7) is 0. The number of nitrogens with zero attached hydrogens (tertiary/aromatic N) is 4. The highest BCUT2D eigenvalue weighted by molar-refractivity contribution is 5.98. The molecule has 0 radical (unpaired) electrons. The van der Waals surface area contributed by atoms with E-state index in [9.17, 15) is 4.79 Å². The predicted molar refractivity (Wildman–Crippen MR) is 119 cm³/mol. The third kappa shape index (κ3) is 4.04. The molecule has 3 aromatic heterocycles. The lowest BCUT2D eigenvalue weighted by Crippen LogP contribution is -2.49. The van der Waals surface area contributed by atoms with E-state index in [-0.39, 0.29) is 0 Å². The van der Waals surface area contributed by atoms with E-state index >= 15 is 0 Å². The standard InChI is InChI=1S/C22H27N7O/c1-24-18-5-3-4-6-19(18)29(2)20-8-7-16(21(23)30)22(28-20)27-15-11-14-12-25-10-9-17(14)26-13-15/h7-13,18-19,24H,3-6H2,1-2H3,(H2,23,30)(H,27,28). The van der Waals surface area contributed by atoms with E-state index < -0.39 is 5.91 Å². The van der Waals surface area contributed by atoms with Crippen molar-refractivity contribution in [2.24, 2.45) is 5.73 Å². The first-order chi connectivity index (χ1) is 14.6. The van der Waals surface area contributed by atoms with E-state index in [0.717, 1.165) is 35.2 Å². The summed E-state index contributed by atoms with van der Waals surface area (Å²) in [6, 6.07) is 8.12. The minimum atomic E-state index is -0.527. The summed E-state index contributed by atoms with van der Waals surface area (Å²) >= 11 is 0. The van der Waals surface area contributed by atoms with Crippen LogP contribution in [0.2, 0.25) is 0 Å². The van der Waals surface area contributed by atoms with Gasteiger partial charge in [-0.3, -0.25) is 14.8 Å². The summed E-state index contributed by atoms with van der Waals surface area (Å²) < 4.78 is 0. The normalized spacial score (nSPS) is 18.9. The second-order valence-corrected chi connectivity index (χ2v) is 7.71. The number of hydrogen-bond acceptors (Lipinski definition) is 7. The third-order valence-electron chi connectivity index (χ3n) is 5.85. The second kappa shape index (κ2) is 8.62. The first kappa shape index (κ1) is 20.0. The van der Waals surface area contributed by atoms with Gasteiger partial charge in [-0.15, -0.1) is 0 Å². The molecule has 0 aliphatic heterocycles. The Bertz CT molecular complexity index is 1050. The van der Waals surface area contributed by atoms with Crippen molar-refractivity contribution < 1.29 is 4.79 Å². The van der Waals surface area contributed by atoms with Gasteiger partial charge in [0.05, 0.1) is 23.0 Å². The van der Waals surface area contributed by atoms with Crippen LogP contribution in [-0.2, 0) is 0 Å². The summed E-state index contributed by atoms with van der Waals surface area (Å²) in [7, 11) is 4.06. The fourth-order valence-corrected chi connectivity index (χ4v) is 4.20. The van der Waals surface area contributed by atoms with Gasteiger partial charge in [-0.1, -0.05) is 12.8 Å². The number of hydrogen-bond donors (Lipinski definition) is 3. The van der Waals surface area contributed by atoms with Crippen molar-refractivity contribution in [3.8, 4) is 0 Å². The van der Waals surface area contributed by atoms with E-state index in [4.69, 9.17) is 10.7 Å². The van der Waals surface area contributed by atoms with Gasteiger partial charge in [-0.25, -0.2) is 4.98 Å². The fraction of sp³-hybridized carbons (Fsp3) is 0.364. The van der Waals surface area contributed by atoms with Crippen molar-refractivity contribution in [2.45, 2.75) is 37.8 Å². The van der Waals surface area contributed by atoms with Crippen LogP contribution < -0.4 is 21.3 Å². The molecule has 4 N–H and O–H groups in total. The van der Waals surface area contributed by atoms with Crippen LogP contribution in [0.3, 0.4) is 0 Å². The molecule has 1 aliphatic carbocycles. The summed E-state index contributed by atoms with van der Waals surface area (Å²) in [6.07, 6.45) is 9.86. The molecule has 0 aromatic carbocycles. The largest absolute Gasteiger partial charge is 0.365 e. The minimum Gasteiger partial charge on any atom is -0.365 e. The zero-order valence-corrected chi connectivity index (χ0v) is 17.3. The van der Waals surface area contributed by atoms with Crippen LogP contribution in [0, 0.1) is 0 Å². The number of fused-ring (bicyclic) bond motifs is 1. The van der Waals surface area contributed by atoms with E-state index in [0.29, 0.717) is 23.5 Å². The molecular formula is C22H27N7O. The molecule has 3 aromatic rings. The van der Waals surface area contributed by atoms with Crippen molar-refractivity contribution in [1.82, 2.24) is 20.3 Å². The Morgan fingerprint density at radius 3 is 2.83 bits per heavy atom. The summed E-state index contributed by atoms with van der Waals surface area (Å²) in [5, 5.41) is 7.56. The molecule has 1 saturated carbocycles. The van der Waals surface area contributed by atoms with E-state index in [1.54, 1.807) is 24.7 Å². The second-order valence-electron chi connectivity index (χ2n) is 7.71. The summed E-state index contributed by atoms with van der Waals surface area (Å²) in [5.41, 5.74) is 7.51. The van der Waals surface area contributed by atoms with Gasteiger partial charge in [-0.2, -0.15) is 0 Å². The average molecular weight is 406 g/mol. The van der Waals surface area contributed by atoms with Crippen molar-refractivity contribution in [3.05, 3.63) is 48.4 Å². The lowest BCUT2D eigenvalue weighted by atomic mass is 9.89. The number of nitrogens with two attached hydrogens (primary N) is 1. The maximum absolute atomic E-state index is 12.0. The molecule has 0 saturated heterocycles. The zero-order valence-electron chi connectivity index (χ0n) is 17.3. The molecule has 1 amide bonds. The Morgan fingerprint density at radius 1 is 1.20 bits per heavy atom. The van der Waals surface area contributed by atoms with E-state index in [1.807, 2.05) is 25.2 Å². The van der Waals surface area contributed by atoms with Crippen LogP contribution in [-0.4, -0.2) is 47.0 Å². The smallest absolute Gasteiger partial charge is 0.252 e. The Balaban J connectivity index is 1.66. The maximum atomic E-state index is 12.0. The molecule has 1 aliphatic rings. The highest BCUT2D eigenvalue weighted by Crippen LogP contribution is 2.28. The number of pyridine rings is 3. The number of carbonyl (C=O) groups excluding carboxylic acids is 1. The Hall–Kier alpha value is -3.26. The van der Waals surface area contributed by atoms with Gasteiger partial charge in [0.1, 0.15) is 11.6 Å². The third-order valence-corrected chi connectivity index (χ3v) is 5.85. The van der Waals surface area contributed by atoms with Crippen LogP contribution in [0.25, 0.3) is 10.9 Å². The topological polar surface area (TPSA) is 109 Å². The number of carbonyl (C=O) groups is 1. The number of nitrogens with one attached hydrogen (secondary N) is 2. The van der Waals surface area contributed by atoms with Crippen LogP contribution in [0.15, 0.2) is 42.9 Å². The molecule has 0 spiro atoms. The quantitative estimate of drug-likeness (QED) is 0.578. The van der Waals surface area contributed by atoms with Gasteiger partial charge >= 0.3 is 0 Å². The Kier molecular flexibility index (Phi) is 5.76. The highest BCUT2D eigenvalue weighted by atomic mass is 16.1. The molecule has 8 nitrogen and oxygen atoms in total. The molecule has 8 heteroatoms. The van der Waals surface area contributed by atoms with Gasteiger partial charge in [0.15, 0.2) is 0 Å².